The SMILES string of the molecule is Cc1cc(C#N)ccc1S(=O)(=O)N[C@H]1CCC[C@@H]1CN. The molecule has 0 aromatic heterocycles. The number of rotatable bonds is 4. The van der Waals surface area contributed by atoms with E-state index in [0.29, 0.717) is 17.7 Å². The summed E-state index contributed by atoms with van der Waals surface area (Å²) < 4.78 is 27.6. The van der Waals surface area contributed by atoms with Crippen LogP contribution in [0.2, 0.25) is 0 Å². The predicted molar refractivity (Wildman–Crippen MR) is 76.4 cm³/mol. The van der Waals surface area contributed by atoms with E-state index in [1.54, 1.807) is 13.0 Å². The number of aryl methyl sites for hydroxylation is 1. The second-order valence-corrected chi connectivity index (χ2v) is 6.93. The molecule has 1 fully saturated rings. The molecule has 2 rings (SSSR count). The van der Waals surface area contributed by atoms with Crippen LogP contribution in [-0.2, 0) is 10.0 Å². The molecule has 3 N–H and O–H groups in total. The van der Waals surface area contributed by atoms with E-state index in [4.69, 9.17) is 11.0 Å². The molecular weight excluding hydrogens is 274 g/mol. The molecule has 1 aliphatic carbocycles. The number of benzene rings is 1. The molecule has 0 heterocycles. The summed E-state index contributed by atoms with van der Waals surface area (Å²) in [4.78, 5) is 0.235. The van der Waals surface area contributed by atoms with Gasteiger partial charge < -0.3 is 5.73 Å². The normalized spacial score (nSPS) is 22.6. The lowest BCUT2D eigenvalue weighted by atomic mass is 10.1. The van der Waals surface area contributed by atoms with Gasteiger partial charge in [-0.3, -0.25) is 0 Å². The van der Waals surface area contributed by atoms with Crippen molar-refractivity contribution in [2.75, 3.05) is 6.54 Å². The summed E-state index contributed by atoms with van der Waals surface area (Å²) in [5, 5.41) is 8.82. The van der Waals surface area contributed by atoms with E-state index in [2.05, 4.69) is 4.72 Å². The zero-order valence-corrected chi connectivity index (χ0v) is 12.3. The first-order valence-corrected chi connectivity index (χ1v) is 8.19. The molecule has 1 aliphatic rings. The minimum Gasteiger partial charge on any atom is -0.330 e. The largest absolute Gasteiger partial charge is 0.330 e. The monoisotopic (exact) mass is 293 g/mol. The van der Waals surface area contributed by atoms with Crippen LogP contribution in [0.15, 0.2) is 23.1 Å². The molecule has 0 unspecified atom stereocenters. The van der Waals surface area contributed by atoms with Gasteiger partial charge in [0.1, 0.15) is 0 Å². The summed E-state index contributed by atoms with van der Waals surface area (Å²) in [6.45, 7) is 2.20. The molecule has 0 saturated heterocycles. The zero-order chi connectivity index (χ0) is 14.8. The fraction of sp³-hybridized carbons (Fsp3) is 0.500. The maximum absolute atomic E-state index is 12.4. The molecule has 0 spiro atoms. The number of nitrogens with one attached hydrogen (secondary N) is 1. The number of nitrogens with two attached hydrogens (primary N) is 1. The highest BCUT2D eigenvalue weighted by Gasteiger charge is 2.30. The first kappa shape index (κ1) is 15.0. The third kappa shape index (κ3) is 3.01. The molecule has 5 nitrogen and oxygen atoms in total. The molecule has 2 atom stereocenters. The topological polar surface area (TPSA) is 96.0 Å². The Morgan fingerprint density at radius 2 is 2.20 bits per heavy atom. The average Bonchev–Trinajstić information content (AvgIpc) is 2.84. The molecule has 1 aromatic rings. The number of hydrogen-bond donors (Lipinski definition) is 2. The number of hydrogen-bond acceptors (Lipinski definition) is 4. The van der Waals surface area contributed by atoms with Crippen molar-refractivity contribution in [3.8, 4) is 6.07 Å². The molecule has 0 radical (unpaired) electrons. The van der Waals surface area contributed by atoms with Crippen molar-refractivity contribution >= 4 is 10.0 Å². The summed E-state index contributed by atoms with van der Waals surface area (Å²) >= 11 is 0. The van der Waals surface area contributed by atoms with Gasteiger partial charge in [0.15, 0.2) is 0 Å². The van der Waals surface area contributed by atoms with E-state index in [1.807, 2.05) is 6.07 Å². The molecule has 0 aliphatic heterocycles. The van der Waals surface area contributed by atoms with Gasteiger partial charge in [0.05, 0.1) is 16.5 Å². The van der Waals surface area contributed by atoms with E-state index >= 15 is 0 Å². The van der Waals surface area contributed by atoms with Crippen LogP contribution in [0.5, 0.6) is 0 Å². The Morgan fingerprint density at radius 1 is 1.45 bits per heavy atom. The third-order valence-corrected chi connectivity index (χ3v) is 5.51. The van der Waals surface area contributed by atoms with Crippen LogP contribution in [-0.4, -0.2) is 21.0 Å². The summed E-state index contributed by atoms with van der Waals surface area (Å²) in [5.74, 6) is 0.212. The summed E-state index contributed by atoms with van der Waals surface area (Å²) in [6, 6.07) is 6.52. The van der Waals surface area contributed by atoms with Crippen LogP contribution in [0, 0.1) is 24.2 Å². The molecule has 0 bridgehead atoms. The Labute approximate surface area is 119 Å². The third-order valence-electron chi connectivity index (χ3n) is 3.86. The second kappa shape index (κ2) is 5.92. The maximum atomic E-state index is 12.4. The van der Waals surface area contributed by atoms with E-state index in [-0.39, 0.29) is 16.9 Å². The van der Waals surface area contributed by atoms with Crippen LogP contribution < -0.4 is 10.5 Å². The lowest BCUT2D eigenvalue weighted by Gasteiger charge is -2.20. The Balaban J connectivity index is 2.25. The van der Waals surface area contributed by atoms with Crippen molar-refractivity contribution < 1.29 is 8.42 Å². The molecule has 1 aromatic carbocycles. The van der Waals surface area contributed by atoms with Gasteiger partial charge in [0, 0.05) is 6.04 Å². The fourth-order valence-electron chi connectivity index (χ4n) is 2.76. The number of nitriles is 1. The van der Waals surface area contributed by atoms with E-state index in [0.717, 1.165) is 19.3 Å². The number of sulfonamides is 1. The minimum atomic E-state index is -3.56. The Morgan fingerprint density at radius 3 is 2.80 bits per heavy atom. The summed E-state index contributed by atoms with van der Waals surface area (Å²) in [7, 11) is -3.56. The van der Waals surface area contributed by atoms with Crippen LogP contribution >= 0.6 is 0 Å². The summed E-state index contributed by atoms with van der Waals surface area (Å²) in [6.07, 6.45) is 2.80. The average molecular weight is 293 g/mol. The highest BCUT2D eigenvalue weighted by molar-refractivity contribution is 7.89. The van der Waals surface area contributed by atoms with E-state index in [1.165, 1.54) is 12.1 Å². The number of nitrogens with zero attached hydrogens (tertiary/aromatic N) is 1. The lowest BCUT2D eigenvalue weighted by Crippen LogP contribution is -2.40. The molecule has 0 amide bonds. The van der Waals surface area contributed by atoms with Crippen LogP contribution in [0.1, 0.15) is 30.4 Å². The quantitative estimate of drug-likeness (QED) is 0.873. The minimum absolute atomic E-state index is 0.0833. The van der Waals surface area contributed by atoms with Gasteiger partial charge in [-0.25, -0.2) is 13.1 Å². The van der Waals surface area contributed by atoms with Crippen LogP contribution in [0.4, 0.5) is 0 Å². The molecule has 108 valence electrons. The van der Waals surface area contributed by atoms with Gasteiger partial charge in [0.2, 0.25) is 10.0 Å². The van der Waals surface area contributed by atoms with Gasteiger partial charge in [-0.1, -0.05) is 6.42 Å². The van der Waals surface area contributed by atoms with Crippen LogP contribution in [0.3, 0.4) is 0 Å². The van der Waals surface area contributed by atoms with E-state index < -0.39 is 10.0 Å². The van der Waals surface area contributed by atoms with E-state index in [9.17, 15) is 8.42 Å². The van der Waals surface area contributed by atoms with Gasteiger partial charge in [-0.15, -0.1) is 0 Å². The van der Waals surface area contributed by atoms with Crippen molar-refractivity contribution in [2.45, 2.75) is 37.1 Å². The zero-order valence-electron chi connectivity index (χ0n) is 11.5. The molecule has 20 heavy (non-hydrogen) atoms. The lowest BCUT2D eigenvalue weighted by molar-refractivity contribution is 0.452. The van der Waals surface area contributed by atoms with Crippen molar-refractivity contribution in [3.63, 3.8) is 0 Å². The highest BCUT2D eigenvalue weighted by atomic mass is 32.2. The highest BCUT2D eigenvalue weighted by Crippen LogP contribution is 2.27. The maximum Gasteiger partial charge on any atom is 0.241 e. The molecule has 6 heteroatoms. The van der Waals surface area contributed by atoms with Gasteiger partial charge in [-0.05, 0) is 56.0 Å². The van der Waals surface area contributed by atoms with Gasteiger partial charge >= 0.3 is 0 Å². The molecular formula is C14H19N3O2S. The Kier molecular flexibility index (Phi) is 4.43. The summed E-state index contributed by atoms with van der Waals surface area (Å²) in [5.41, 5.74) is 6.72. The standard InChI is InChI=1S/C14H19N3O2S/c1-10-7-11(8-15)5-6-14(10)20(18,19)17-13-4-2-3-12(13)9-16/h5-7,12-13,17H,2-4,9,16H2,1H3/t12-,13+/m1/s1. The van der Waals surface area contributed by atoms with Gasteiger partial charge in [-0.2, -0.15) is 5.26 Å². The van der Waals surface area contributed by atoms with Gasteiger partial charge in [0.25, 0.3) is 0 Å². The van der Waals surface area contributed by atoms with Crippen molar-refractivity contribution in [1.82, 2.24) is 4.72 Å². The Hall–Kier alpha value is -1.42. The molecule has 1 saturated carbocycles. The second-order valence-electron chi connectivity index (χ2n) is 5.25. The first-order valence-electron chi connectivity index (χ1n) is 6.71. The first-order chi connectivity index (χ1) is 9.47. The smallest absolute Gasteiger partial charge is 0.241 e. The fourth-order valence-corrected chi connectivity index (χ4v) is 4.32. The predicted octanol–water partition coefficient (Wildman–Crippen LogP) is 1.27. The van der Waals surface area contributed by atoms with Crippen LogP contribution in [0.25, 0.3) is 0 Å². The van der Waals surface area contributed by atoms with Crippen molar-refractivity contribution in [1.29, 1.82) is 5.26 Å². The van der Waals surface area contributed by atoms with Crippen molar-refractivity contribution in [3.05, 3.63) is 29.3 Å². The Bertz CT molecular complexity index is 634. The van der Waals surface area contributed by atoms with Crippen molar-refractivity contribution in [2.24, 2.45) is 11.7 Å².